The monoisotopic (exact) mass is 452 g/mol. The van der Waals surface area contributed by atoms with Gasteiger partial charge < -0.3 is 4.90 Å². The fraction of sp³-hybridized carbons (Fsp3) is 0.333. The zero-order valence-electron chi connectivity index (χ0n) is 15.7. The number of carbonyl (C=O) groups excluding carboxylic acids is 1. The summed E-state index contributed by atoms with van der Waals surface area (Å²) in [6.07, 6.45) is 0.254. The van der Waals surface area contributed by atoms with Gasteiger partial charge in [0.25, 0.3) is 5.92 Å². The predicted octanol–water partition coefficient (Wildman–Crippen LogP) is 5.58. The summed E-state index contributed by atoms with van der Waals surface area (Å²) < 4.78 is 41.2. The van der Waals surface area contributed by atoms with Gasteiger partial charge in [-0.05, 0) is 39.2 Å². The summed E-state index contributed by atoms with van der Waals surface area (Å²) in [5.74, 6) is -4.23. The second-order valence-corrected chi connectivity index (χ2v) is 8.36. The van der Waals surface area contributed by atoms with Crippen molar-refractivity contribution in [1.82, 2.24) is 4.90 Å². The molecule has 0 aliphatic carbocycles. The Balaban J connectivity index is 2.14. The van der Waals surface area contributed by atoms with Crippen LogP contribution in [0.2, 0.25) is 0 Å². The zero-order valence-corrected chi connectivity index (χ0v) is 17.3. The zero-order chi connectivity index (χ0) is 20.9. The fourth-order valence-corrected chi connectivity index (χ4v) is 4.15. The van der Waals surface area contributed by atoms with Crippen molar-refractivity contribution in [2.45, 2.75) is 37.5 Å². The smallest absolute Gasteiger partial charge is 0.270 e. The van der Waals surface area contributed by atoms with Crippen molar-refractivity contribution in [1.29, 1.82) is 5.41 Å². The minimum atomic E-state index is -2.97. The van der Waals surface area contributed by atoms with E-state index in [0.29, 0.717) is 11.1 Å². The van der Waals surface area contributed by atoms with Crippen LogP contribution in [0, 0.1) is 11.2 Å². The number of likely N-dealkylation sites (tertiary alicyclic amines) is 1. The minimum absolute atomic E-state index is 0.133. The molecule has 148 valence electrons. The van der Waals surface area contributed by atoms with E-state index in [2.05, 4.69) is 15.9 Å². The summed E-state index contributed by atoms with van der Waals surface area (Å²) in [5.41, 5.74) is 0.321. The molecule has 0 saturated carbocycles. The number of amidine groups is 1. The first-order valence-electron chi connectivity index (χ1n) is 8.74. The summed E-state index contributed by atoms with van der Waals surface area (Å²) in [5, 5.41) is 8.21. The molecule has 2 atom stereocenters. The molecule has 2 aromatic rings. The number of likely N-dealkylation sites (N-methyl/N-ethyl adjacent to an activating group) is 1. The van der Waals surface area contributed by atoms with Crippen molar-refractivity contribution in [3.63, 3.8) is 0 Å². The van der Waals surface area contributed by atoms with Crippen molar-refractivity contribution in [3.8, 4) is 0 Å². The third-order valence-electron chi connectivity index (χ3n) is 5.48. The number of rotatable bonds is 3. The Labute approximate surface area is 170 Å². The van der Waals surface area contributed by atoms with E-state index in [4.69, 9.17) is 5.41 Å². The number of hydrogen-bond acceptors (Lipinski definition) is 2. The van der Waals surface area contributed by atoms with Crippen LogP contribution in [0.1, 0.15) is 42.9 Å². The summed E-state index contributed by atoms with van der Waals surface area (Å²) >= 11 is 3.18. The molecule has 28 heavy (non-hydrogen) atoms. The van der Waals surface area contributed by atoms with Gasteiger partial charge in [-0.1, -0.05) is 37.3 Å². The van der Waals surface area contributed by atoms with Gasteiger partial charge in [0, 0.05) is 31.4 Å². The maximum atomic E-state index is 13.7. The summed E-state index contributed by atoms with van der Waals surface area (Å²) in [4.78, 5) is 14.4. The molecule has 1 fully saturated rings. The number of benzene rings is 2. The molecule has 0 unspecified atom stereocenters. The molecular formula is C21H20BrF3N2O. The second kappa shape index (κ2) is 7.03. The van der Waals surface area contributed by atoms with Crippen LogP contribution in [0.15, 0.2) is 46.9 Å². The molecule has 0 aromatic heterocycles. The Morgan fingerprint density at radius 1 is 1.21 bits per heavy atom. The van der Waals surface area contributed by atoms with Gasteiger partial charge in [-0.15, -0.1) is 0 Å². The minimum Gasteiger partial charge on any atom is -0.303 e. The lowest BCUT2D eigenvalue weighted by atomic mass is 9.64. The standard InChI is InChI=1S/C21H20BrF3N2O/c1-20(14-8-9-16(23)15(22)10-14)11-17(26)27(3)19(28)18(20)12-4-6-13(7-5-12)21(2,24)25/h4-10,18,26H,11H2,1-3H3/t18-,20+/m0/s1. The van der Waals surface area contributed by atoms with Crippen molar-refractivity contribution in [3.05, 3.63) is 69.4 Å². The van der Waals surface area contributed by atoms with Crippen LogP contribution in [0.5, 0.6) is 0 Å². The third kappa shape index (κ3) is 3.48. The first-order chi connectivity index (χ1) is 12.9. The van der Waals surface area contributed by atoms with Crippen LogP contribution in [0.25, 0.3) is 0 Å². The Morgan fingerprint density at radius 2 is 1.82 bits per heavy atom. The van der Waals surface area contributed by atoms with E-state index in [0.717, 1.165) is 6.92 Å². The molecule has 1 N–H and O–H groups in total. The number of piperidine rings is 1. The lowest BCUT2D eigenvalue weighted by Crippen LogP contribution is -2.52. The third-order valence-corrected chi connectivity index (χ3v) is 6.09. The lowest BCUT2D eigenvalue weighted by Gasteiger charge is -2.45. The quantitative estimate of drug-likeness (QED) is 0.648. The predicted molar refractivity (Wildman–Crippen MR) is 105 cm³/mol. The molecule has 1 amide bonds. The average molecular weight is 453 g/mol. The van der Waals surface area contributed by atoms with Gasteiger partial charge in [0.05, 0.1) is 10.4 Å². The van der Waals surface area contributed by atoms with E-state index >= 15 is 0 Å². The van der Waals surface area contributed by atoms with Crippen LogP contribution in [0.4, 0.5) is 13.2 Å². The SMILES string of the molecule is CN1C(=N)C[C@](C)(c2ccc(F)c(Br)c2)[C@@H](c2ccc(C(C)(F)F)cc2)C1=O. The number of nitrogens with one attached hydrogen (secondary N) is 1. The molecule has 1 saturated heterocycles. The Kier molecular flexibility index (Phi) is 5.17. The molecule has 3 nitrogen and oxygen atoms in total. The number of halogens is 4. The van der Waals surface area contributed by atoms with Crippen LogP contribution < -0.4 is 0 Å². The van der Waals surface area contributed by atoms with E-state index in [1.807, 2.05) is 6.92 Å². The maximum absolute atomic E-state index is 13.7. The van der Waals surface area contributed by atoms with E-state index in [9.17, 15) is 18.0 Å². The van der Waals surface area contributed by atoms with Gasteiger partial charge in [0.1, 0.15) is 11.7 Å². The molecule has 1 aliphatic heterocycles. The highest BCUT2D eigenvalue weighted by atomic mass is 79.9. The number of carbonyl (C=O) groups is 1. The fourth-order valence-electron chi connectivity index (χ4n) is 3.77. The van der Waals surface area contributed by atoms with Crippen molar-refractivity contribution in [2.75, 3.05) is 7.05 Å². The van der Waals surface area contributed by atoms with Gasteiger partial charge in [-0.25, -0.2) is 13.2 Å². The molecule has 3 rings (SSSR count). The van der Waals surface area contributed by atoms with Gasteiger partial charge in [-0.2, -0.15) is 0 Å². The average Bonchev–Trinajstić information content (AvgIpc) is 2.62. The molecule has 1 heterocycles. The van der Waals surface area contributed by atoms with Crippen molar-refractivity contribution >= 4 is 27.7 Å². The van der Waals surface area contributed by atoms with E-state index < -0.39 is 23.1 Å². The topological polar surface area (TPSA) is 44.2 Å². The summed E-state index contributed by atoms with van der Waals surface area (Å²) in [6, 6.07) is 10.3. The van der Waals surface area contributed by atoms with Crippen LogP contribution in [-0.2, 0) is 16.1 Å². The van der Waals surface area contributed by atoms with Gasteiger partial charge in [0.2, 0.25) is 5.91 Å². The van der Waals surface area contributed by atoms with Crippen molar-refractivity contribution < 1.29 is 18.0 Å². The highest BCUT2D eigenvalue weighted by molar-refractivity contribution is 9.10. The Morgan fingerprint density at radius 3 is 2.36 bits per heavy atom. The normalized spacial score (nSPS) is 23.2. The molecule has 1 aliphatic rings. The van der Waals surface area contributed by atoms with E-state index in [1.165, 1.54) is 42.3 Å². The summed E-state index contributed by atoms with van der Waals surface area (Å²) in [7, 11) is 1.53. The largest absolute Gasteiger partial charge is 0.303 e. The number of hydrogen-bond donors (Lipinski definition) is 1. The first kappa shape index (κ1) is 20.6. The Bertz CT molecular complexity index is 940. The molecule has 0 bridgehead atoms. The molecule has 7 heteroatoms. The van der Waals surface area contributed by atoms with E-state index in [-0.39, 0.29) is 28.2 Å². The van der Waals surface area contributed by atoms with Crippen LogP contribution >= 0.6 is 15.9 Å². The molecular weight excluding hydrogens is 433 g/mol. The van der Waals surface area contributed by atoms with Gasteiger partial charge >= 0.3 is 0 Å². The highest BCUT2D eigenvalue weighted by Gasteiger charge is 2.48. The number of amides is 1. The molecule has 0 radical (unpaired) electrons. The van der Waals surface area contributed by atoms with Gasteiger partial charge in [0.15, 0.2) is 0 Å². The summed E-state index contributed by atoms with van der Waals surface area (Å²) in [6.45, 7) is 2.67. The van der Waals surface area contributed by atoms with Crippen LogP contribution in [0.3, 0.4) is 0 Å². The highest BCUT2D eigenvalue weighted by Crippen LogP contribution is 2.47. The second-order valence-electron chi connectivity index (χ2n) is 7.51. The lowest BCUT2D eigenvalue weighted by molar-refractivity contribution is -0.131. The first-order valence-corrected chi connectivity index (χ1v) is 9.53. The maximum Gasteiger partial charge on any atom is 0.270 e. The molecule has 0 spiro atoms. The number of alkyl halides is 2. The Hall–Kier alpha value is -2.15. The number of nitrogens with zero attached hydrogens (tertiary/aromatic N) is 1. The van der Waals surface area contributed by atoms with E-state index in [1.54, 1.807) is 12.1 Å². The van der Waals surface area contributed by atoms with Crippen molar-refractivity contribution in [2.24, 2.45) is 0 Å². The van der Waals surface area contributed by atoms with Gasteiger partial charge in [-0.3, -0.25) is 10.2 Å². The molecule has 2 aromatic carbocycles. The van der Waals surface area contributed by atoms with Crippen LogP contribution in [-0.4, -0.2) is 23.7 Å².